The Bertz CT molecular complexity index is 652. The van der Waals surface area contributed by atoms with Gasteiger partial charge in [-0.1, -0.05) is 39.8 Å². The second-order valence-electron chi connectivity index (χ2n) is 8.59. The van der Waals surface area contributed by atoms with Crippen LogP contribution in [0.25, 0.3) is 0 Å². The van der Waals surface area contributed by atoms with Crippen LogP contribution in [-0.4, -0.2) is 60.9 Å². The number of amides is 2. The number of halogens is 1. The van der Waals surface area contributed by atoms with Crippen molar-refractivity contribution in [3.63, 3.8) is 0 Å². The number of likely N-dealkylation sites (N-methyl/N-ethyl adjacent to an activating group) is 1. The van der Waals surface area contributed by atoms with E-state index in [1.165, 1.54) is 12.1 Å². The van der Waals surface area contributed by atoms with Gasteiger partial charge in [-0.15, -0.1) is 0 Å². The summed E-state index contributed by atoms with van der Waals surface area (Å²) in [4.78, 5) is 30.3. The molecule has 2 rings (SSSR count). The molecule has 1 unspecified atom stereocenters. The summed E-state index contributed by atoms with van der Waals surface area (Å²) in [5.74, 6) is -0.606. The topological polar surface area (TPSA) is 52.7 Å². The van der Waals surface area contributed by atoms with Crippen LogP contribution in [0.15, 0.2) is 24.3 Å². The van der Waals surface area contributed by atoms with Crippen molar-refractivity contribution in [2.75, 3.05) is 33.2 Å². The van der Waals surface area contributed by atoms with E-state index in [-0.39, 0.29) is 29.5 Å². The Morgan fingerprint density at radius 3 is 2.11 bits per heavy atom. The minimum atomic E-state index is -0.530. The van der Waals surface area contributed by atoms with Gasteiger partial charge in [0.2, 0.25) is 11.8 Å². The summed E-state index contributed by atoms with van der Waals surface area (Å²) in [6, 6.07) is 5.52. The molecule has 0 aromatic heterocycles. The van der Waals surface area contributed by atoms with Gasteiger partial charge in [0, 0.05) is 26.2 Å². The van der Waals surface area contributed by atoms with Crippen LogP contribution >= 0.6 is 0 Å². The van der Waals surface area contributed by atoms with E-state index in [1.807, 2.05) is 25.8 Å². The van der Waals surface area contributed by atoms with Gasteiger partial charge in [0.1, 0.15) is 11.9 Å². The fraction of sp³-hybridized carbons (Fsp3) is 0.636. The van der Waals surface area contributed by atoms with Gasteiger partial charge in [0.05, 0.1) is 5.92 Å². The molecule has 0 saturated carbocycles. The van der Waals surface area contributed by atoms with Crippen molar-refractivity contribution in [2.24, 2.45) is 11.8 Å². The third kappa shape index (κ3) is 6.03. The van der Waals surface area contributed by atoms with E-state index in [1.54, 1.807) is 12.1 Å². The standard InChI is InChI=1S/C22H34FN3O2/c1-15(2)14-19(22(28)26-12-10-25(5)11-13-26)24-21(27)20(16(3)4)17-6-8-18(23)9-7-17/h6-9,15-16,19-20H,10-14H2,1-5H3,(H,24,27)/t19-,20?/m0/s1. The van der Waals surface area contributed by atoms with Crippen LogP contribution < -0.4 is 5.32 Å². The van der Waals surface area contributed by atoms with Crippen molar-refractivity contribution in [1.82, 2.24) is 15.1 Å². The van der Waals surface area contributed by atoms with Crippen LogP contribution in [0.3, 0.4) is 0 Å². The molecular weight excluding hydrogens is 357 g/mol. The summed E-state index contributed by atoms with van der Waals surface area (Å²) in [6.07, 6.45) is 0.602. The fourth-order valence-corrected chi connectivity index (χ4v) is 3.71. The van der Waals surface area contributed by atoms with E-state index in [0.29, 0.717) is 19.5 Å². The number of carbonyl (C=O) groups excluding carboxylic acids is 2. The zero-order chi connectivity index (χ0) is 20.8. The number of hydrogen-bond donors (Lipinski definition) is 1. The molecule has 2 atom stereocenters. The molecule has 1 fully saturated rings. The summed E-state index contributed by atoms with van der Waals surface area (Å²) in [5.41, 5.74) is 0.768. The largest absolute Gasteiger partial charge is 0.344 e. The van der Waals surface area contributed by atoms with Crippen molar-refractivity contribution in [3.8, 4) is 0 Å². The predicted octanol–water partition coefficient (Wildman–Crippen LogP) is 2.87. The van der Waals surface area contributed by atoms with Gasteiger partial charge < -0.3 is 15.1 Å². The molecule has 2 amide bonds. The Labute approximate surface area is 168 Å². The van der Waals surface area contributed by atoms with E-state index >= 15 is 0 Å². The van der Waals surface area contributed by atoms with Gasteiger partial charge in [0.15, 0.2) is 0 Å². The lowest BCUT2D eigenvalue weighted by Gasteiger charge is -2.35. The lowest BCUT2D eigenvalue weighted by atomic mass is 9.87. The molecule has 1 heterocycles. The molecule has 156 valence electrons. The molecule has 1 aromatic carbocycles. The van der Waals surface area contributed by atoms with Gasteiger partial charge in [-0.3, -0.25) is 9.59 Å². The van der Waals surface area contributed by atoms with Gasteiger partial charge in [0.25, 0.3) is 0 Å². The summed E-state index contributed by atoms with van der Waals surface area (Å²) in [7, 11) is 2.05. The lowest BCUT2D eigenvalue weighted by molar-refractivity contribution is -0.138. The number of nitrogens with zero attached hydrogens (tertiary/aromatic N) is 2. The Morgan fingerprint density at radius 2 is 1.61 bits per heavy atom. The van der Waals surface area contributed by atoms with Gasteiger partial charge >= 0.3 is 0 Å². The highest BCUT2D eigenvalue weighted by atomic mass is 19.1. The van der Waals surface area contributed by atoms with Crippen LogP contribution in [0.5, 0.6) is 0 Å². The molecule has 1 N–H and O–H groups in total. The Balaban J connectivity index is 2.15. The van der Waals surface area contributed by atoms with Crippen LogP contribution in [0.1, 0.15) is 45.6 Å². The van der Waals surface area contributed by atoms with E-state index in [9.17, 15) is 14.0 Å². The first-order valence-electron chi connectivity index (χ1n) is 10.2. The molecular formula is C22H34FN3O2. The number of benzene rings is 1. The SMILES string of the molecule is CC(C)C[C@H](NC(=O)C(c1ccc(F)cc1)C(C)C)C(=O)N1CCN(C)CC1. The van der Waals surface area contributed by atoms with Crippen molar-refractivity contribution < 1.29 is 14.0 Å². The van der Waals surface area contributed by atoms with Gasteiger partial charge in [-0.2, -0.15) is 0 Å². The van der Waals surface area contributed by atoms with Crippen LogP contribution in [0.2, 0.25) is 0 Å². The Morgan fingerprint density at radius 1 is 1.04 bits per heavy atom. The maximum Gasteiger partial charge on any atom is 0.245 e. The molecule has 0 bridgehead atoms. The number of rotatable bonds is 7. The first-order chi connectivity index (χ1) is 13.2. The molecule has 0 spiro atoms. The minimum Gasteiger partial charge on any atom is -0.344 e. The van der Waals surface area contributed by atoms with Gasteiger partial charge in [-0.05, 0) is 43.0 Å². The number of nitrogens with one attached hydrogen (secondary N) is 1. The Kier molecular flexibility index (Phi) is 7.98. The van der Waals surface area contributed by atoms with Gasteiger partial charge in [-0.25, -0.2) is 4.39 Å². The normalized spacial score (nSPS) is 17.6. The molecule has 5 nitrogen and oxygen atoms in total. The van der Waals surface area contributed by atoms with Crippen molar-refractivity contribution in [1.29, 1.82) is 0 Å². The highest BCUT2D eigenvalue weighted by molar-refractivity contribution is 5.90. The van der Waals surface area contributed by atoms with Crippen LogP contribution in [0, 0.1) is 17.7 Å². The zero-order valence-corrected chi connectivity index (χ0v) is 17.7. The highest BCUT2D eigenvalue weighted by Crippen LogP contribution is 2.25. The molecule has 1 saturated heterocycles. The third-order valence-corrected chi connectivity index (χ3v) is 5.31. The number of hydrogen-bond acceptors (Lipinski definition) is 3. The summed E-state index contributed by atoms with van der Waals surface area (Å²) < 4.78 is 13.3. The first kappa shape index (κ1) is 22.3. The first-order valence-corrected chi connectivity index (χ1v) is 10.2. The maximum atomic E-state index is 13.3. The smallest absolute Gasteiger partial charge is 0.245 e. The van der Waals surface area contributed by atoms with E-state index < -0.39 is 12.0 Å². The van der Waals surface area contributed by atoms with Crippen molar-refractivity contribution in [2.45, 2.75) is 46.1 Å². The van der Waals surface area contributed by atoms with Crippen LogP contribution in [0.4, 0.5) is 4.39 Å². The molecule has 1 aromatic rings. The zero-order valence-electron chi connectivity index (χ0n) is 17.7. The summed E-state index contributed by atoms with van der Waals surface area (Å²) >= 11 is 0. The average molecular weight is 392 g/mol. The second kappa shape index (κ2) is 10.0. The van der Waals surface area contributed by atoms with Crippen molar-refractivity contribution >= 4 is 11.8 Å². The quantitative estimate of drug-likeness (QED) is 0.778. The summed E-state index contributed by atoms with van der Waals surface area (Å²) in [5, 5.41) is 3.01. The molecule has 6 heteroatoms. The summed E-state index contributed by atoms with van der Waals surface area (Å²) in [6.45, 7) is 11.1. The third-order valence-electron chi connectivity index (χ3n) is 5.31. The number of piperazine rings is 1. The average Bonchev–Trinajstić information content (AvgIpc) is 2.62. The molecule has 0 radical (unpaired) electrons. The van der Waals surface area contributed by atoms with Crippen molar-refractivity contribution in [3.05, 3.63) is 35.6 Å². The predicted molar refractivity (Wildman–Crippen MR) is 109 cm³/mol. The number of carbonyl (C=O) groups is 2. The maximum absolute atomic E-state index is 13.3. The van der Waals surface area contributed by atoms with E-state index in [2.05, 4.69) is 24.1 Å². The molecule has 1 aliphatic rings. The fourth-order valence-electron chi connectivity index (χ4n) is 3.71. The van der Waals surface area contributed by atoms with E-state index in [4.69, 9.17) is 0 Å². The second-order valence-corrected chi connectivity index (χ2v) is 8.59. The molecule has 28 heavy (non-hydrogen) atoms. The lowest BCUT2D eigenvalue weighted by Crippen LogP contribution is -2.55. The van der Waals surface area contributed by atoms with Crippen LogP contribution in [-0.2, 0) is 9.59 Å². The highest BCUT2D eigenvalue weighted by Gasteiger charge is 2.32. The van der Waals surface area contributed by atoms with E-state index in [0.717, 1.165) is 18.7 Å². The molecule has 1 aliphatic heterocycles. The minimum absolute atomic E-state index is 0.00300. The Hall–Kier alpha value is -1.95. The molecule has 0 aliphatic carbocycles. The monoisotopic (exact) mass is 391 g/mol.